The standard InChI is InChI=1S/C15H24BrNO/c1-4-8-17-11-13-10-14(5-6-15(13)16)18-9-7-12(2)3/h5-6,10,12,17H,4,7-9,11H2,1-3H3. The Labute approximate surface area is 119 Å². The zero-order valence-corrected chi connectivity index (χ0v) is 13.2. The highest BCUT2D eigenvalue weighted by atomic mass is 79.9. The number of benzene rings is 1. The second-order valence-electron chi connectivity index (χ2n) is 4.96. The summed E-state index contributed by atoms with van der Waals surface area (Å²) < 4.78 is 6.91. The number of nitrogens with one attached hydrogen (secondary N) is 1. The molecule has 0 spiro atoms. The Kier molecular flexibility index (Phi) is 7.36. The van der Waals surface area contributed by atoms with Crippen molar-refractivity contribution in [2.75, 3.05) is 13.2 Å². The summed E-state index contributed by atoms with van der Waals surface area (Å²) in [5, 5.41) is 3.41. The van der Waals surface area contributed by atoms with E-state index in [-0.39, 0.29) is 0 Å². The van der Waals surface area contributed by atoms with E-state index < -0.39 is 0 Å². The zero-order chi connectivity index (χ0) is 13.4. The summed E-state index contributed by atoms with van der Waals surface area (Å²) in [4.78, 5) is 0. The molecular weight excluding hydrogens is 290 g/mol. The molecule has 1 rings (SSSR count). The summed E-state index contributed by atoms with van der Waals surface area (Å²) in [5.41, 5.74) is 1.26. The predicted molar refractivity (Wildman–Crippen MR) is 81.1 cm³/mol. The topological polar surface area (TPSA) is 21.3 Å². The maximum atomic E-state index is 5.77. The van der Waals surface area contributed by atoms with Crippen LogP contribution >= 0.6 is 15.9 Å². The second-order valence-corrected chi connectivity index (χ2v) is 5.82. The summed E-state index contributed by atoms with van der Waals surface area (Å²) in [6.45, 7) is 9.32. The number of ether oxygens (including phenoxy) is 1. The molecule has 1 N–H and O–H groups in total. The largest absolute Gasteiger partial charge is 0.494 e. The van der Waals surface area contributed by atoms with Crippen LogP contribution in [0, 0.1) is 5.92 Å². The Balaban J connectivity index is 2.51. The van der Waals surface area contributed by atoms with Gasteiger partial charge >= 0.3 is 0 Å². The fourth-order valence-corrected chi connectivity index (χ4v) is 1.98. The summed E-state index contributed by atoms with van der Waals surface area (Å²) in [5.74, 6) is 1.65. The van der Waals surface area contributed by atoms with Crippen LogP contribution in [-0.2, 0) is 6.54 Å². The zero-order valence-electron chi connectivity index (χ0n) is 11.6. The van der Waals surface area contributed by atoms with E-state index in [0.717, 1.165) is 42.8 Å². The molecule has 1 aromatic rings. The van der Waals surface area contributed by atoms with Crippen molar-refractivity contribution in [1.29, 1.82) is 0 Å². The first-order valence-electron chi connectivity index (χ1n) is 6.75. The Hall–Kier alpha value is -0.540. The van der Waals surface area contributed by atoms with E-state index in [1.165, 1.54) is 5.56 Å². The molecule has 2 nitrogen and oxygen atoms in total. The molecule has 0 fully saturated rings. The minimum Gasteiger partial charge on any atom is -0.494 e. The van der Waals surface area contributed by atoms with Crippen LogP contribution in [0.25, 0.3) is 0 Å². The van der Waals surface area contributed by atoms with Crippen molar-refractivity contribution in [2.24, 2.45) is 5.92 Å². The number of halogens is 1. The molecule has 0 saturated carbocycles. The molecule has 0 aliphatic rings. The summed E-state index contributed by atoms with van der Waals surface area (Å²) in [6.07, 6.45) is 2.25. The lowest BCUT2D eigenvalue weighted by Crippen LogP contribution is -2.14. The van der Waals surface area contributed by atoms with Crippen molar-refractivity contribution in [2.45, 2.75) is 40.2 Å². The van der Waals surface area contributed by atoms with Crippen LogP contribution in [0.5, 0.6) is 5.75 Å². The van der Waals surface area contributed by atoms with Gasteiger partial charge in [-0.05, 0) is 49.1 Å². The van der Waals surface area contributed by atoms with E-state index in [2.05, 4.69) is 54.2 Å². The molecule has 0 aliphatic carbocycles. The average Bonchev–Trinajstić information content (AvgIpc) is 2.33. The average molecular weight is 314 g/mol. The molecule has 3 heteroatoms. The fraction of sp³-hybridized carbons (Fsp3) is 0.600. The van der Waals surface area contributed by atoms with E-state index in [9.17, 15) is 0 Å². The lowest BCUT2D eigenvalue weighted by Gasteiger charge is -2.11. The molecule has 0 saturated heterocycles. The number of hydrogen-bond acceptors (Lipinski definition) is 2. The van der Waals surface area contributed by atoms with E-state index in [4.69, 9.17) is 4.74 Å². The minimum absolute atomic E-state index is 0.686. The van der Waals surface area contributed by atoms with E-state index >= 15 is 0 Å². The molecule has 0 aliphatic heterocycles. The van der Waals surface area contributed by atoms with Gasteiger partial charge in [-0.25, -0.2) is 0 Å². The molecule has 0 heterocycles. The highest BCUT2D eigenvalue weighted by molar-refractivity contribution is 9.10. The van der Waals surface area contributed by atoms with Gasteiger partial charge in [-0.1, -0.05) is 36.7 Å². The molecule has 102 valence electrons. The SMILES string of the molecule is CCCNCc1cc(OCCC(C)C)ccc1Br. The van der Waals surface area contributed by atoms with E-state index in [1.807, 2.05) is 6.07 Å². The van der Waals surface area contributed by atoms with Crippen molar-refractivity contribution in [3.05, 3.63) is 28.2 Å². The van der Waals surface area contributed by atoms with Gasteiger partial charge in [0.2, 0.25) is 0 Å². The van der Waals surface area contributed by atoms with E-state index in [0.29, 0.717) is 5.92 Å². The Morgan fingerprint density at radius 1 is 1.33 bits per heavy atom. The first-order chi connectivity index (χ1) is 8.63. The molecule has 0 amide bonds. The van der Waals surface area contributed by atoms with Crippen LogP contribution in [-0.4, -0.2) is 13.2 Å². The van der Waals surface area contributed by atoms with E-state index in [1.54, 1.807) is 0 Å². The van der Waals surface area contributed by atoms with Crippen molar-refractivity contribution in [3.63, 3.8) is 0 Å². The third-order valence-electron chi connectivity index (χ3n) is 2.72. The molecule has 0 bridgehead atoms. The van der Waals surface area contributed by atoms with Crippen molar-refractivity contribution in [1.82, 2.24) is 5.32 Å². The predicted octanol–water partition coefficient (Wildman–Crippen LogP) is 4.37. The quantitative estimate of drug-likeness (QED) is 0.719. The number of hydrogen-bond donors (Lipinski definition) is 1. The maximum Gasteiger partial charge on any atom is 0.119 e. The molecule has 0 atom stereocenters. The Morgan fingerprint density at radius 2 is 2.11 bits per heavy atom. The van der Waals surface area contributed by atoms with Crippen LogP contribution in [0.1, 0.15) is 39.2 Å². The molecule has 1 aromatic carbocycles. The molecule has 18 heavy (non-hydrogen) atoms. The smallest absolute Gasteiger partial charge is 0.119 e. The third kappa shape index (κ3) is 5.87. The van der Waals surface area contributed by atoms with Gasteiger partial charge in [0.1, 0.15) is 5.75 Å². The van der Waals surface area contributed by atoms with Gasteiger partial charge in [-0.3, -0.25) is 0 Å². The fourth-order valence-electron chi connectivity index (χ4n) is 1.59. The van der Waals surface area contributed by atoms with Gasteiger partial charge in [0.05, 0.1) is 6.61 Å². The van der Waals surface area contributed by atoms with Gasteiger partial charge in [0, 0.05) is 11.0 Å². The normalized spacial score (nSPS) is 10.9. The molecule has 0 unspecified atom stereocenters. The summed E-state index contributed by atoms with van der Waals surface area (Å²) in [7, 11) is 0. The molecular formula is C15H24BrNO. The van der Waals surface area contributed by atoms with Crippen LogP contribution in [0.4, 0.5) is 0 Å². The van der Waals surface area contributed by atoms with Crippen LogP contribution < -0.4 is 10.1 Å². The minimum atomic E-state index is 0.686. The van der Waals surface area contributed by atoms with Crippen LogP contribution in [0.15, 0.2) is 22.7 Å². The summed E-state index contributed by atoms with van der Waals surface area (Å²) >= 11 is 3.58. The van der Waals surface area contributed by atoms with Gasteiger partial charge in [-0.2, -0.15) is 0 Å². The highest BCUT2D eigenvalue weighted by Crippen LogP contribution is 2.23. The molecule has 0 radical (unpaired) electrons. The van der Waals surface area contributed by atoms with Crippen LogP contribution in [0.3, 0.4) is 0 Å². The van der Waals surface area contributed by atoms with Gasteiger partial charge in [0.15, 0.2) is 0 Å². The first-order valence-corrected chi connectivity index (χ1v) is 7.54. The van der Waals surface area contributed by atoms with Gasteiger partial charge < -0.3 is 10.1 Å². The number of rotatable bonds is 8. The second kappa shape index (κ2) is 8.54. The Morgan fingerprint density at radius 3 is 2.78 bits per heavy atom. The van der Waals surface area contributed by atoms with Gasteiger partial charge in [0.25, 0.3) is 0 Å². The van der Waals surface area contributed by atoms with Crippen molar-refractivity contribution >= 4 is 15.9 Å². The Bertz CT molecular complexity index is 352. The highest BCUT2D eigenvalue weighted by Gasteiger charge is 2.03. The van der Waals surface area contributed by atoms with Crippen LogP contribution in [0.2, 0.25) is 0 Å². The first kappa shape index (κ1) is 15.5. The lowest BCUT2D eigenvalue weighted by atomic mass is 10.1. The molecule has 0 aromatic heterocycles. The summed E-state index contributed by atoms with van der Waals surface area (Å²) in [6, 6.07) is 6.20. The van der Waals surface area contributed by atoms with Gasteiger partial charge in [-0.15, -0.1) is 0 Å². The monoisotopic (exact) mass is 313 g/mol. The maximum absolute atomic E-state index is 5.77. The lowest BCUT2D eigenvalue weighted by molar-refractivity contribution is 0.289. The third-order valence-corrected chi connectivity index (χ3v) is 3.50. The van der Waals surface area contributed by atoms with Crippen molar-refractivity contribution in [3.8, 4) is 5.75 Å². The van der Waals surface area contributed by atoms with Crippen molar-refractivity contribution < 1.29 is 4.74 Å².